The number of carbonyl (C=O) groups is 1. The molecular weight excluding hydrogens is 560 g/mol. The van der Waals surface area contributed by atoms with Crippen LogP contribution in [0.15, 0.2) is 36.5 Å². The van der Waals surface area contributed by atoms with Gasteiger partial charge in [-0.2, -0.15) is 0 Å². The maximum absolute atomic E-state index is 14.1. The van der Waals surface area contributed by atoms with Gasteiger partial charge in [0.05, 0.1) is 17.8 Å². The fourth-order valence-electron chi connectivity index (χ4n) is 4.26. The van der Waals surface area contributed by atoms with Gasteiger partial charge in [0.25, 0.3) is 0 Å². The fraction of sp³-hybridized carbons (Fsp3) is 0.393. The number of amides is 1. The molecule has 1 aliphatic rings. The van der Waals surface area contributed by atoms with Gasteiger partial charge in [0, 0.05) is 48.5 Å². The van der Waals surface area contributed by atoms with Crippen molar-refractivity contribution < 1.29 is 23.4 Å². The molecule has 12 heteroatoms. The molecule has 2 N–H and O–H groups in total. The topological polar surface area (TPSA) is 103 Å². The van der Waals surface area contributed by atoms with Gasteiger partial charge in [-0.25, -0.2) is 19.2 Å². The van der Waals surface area contributed by atoms with Gasteiger partial charge in [-0.1, -0.05) is 23.2 Å². The molecule has 2 aromatic heterocycles. The minimum atomic E-state index is -0.712. The number of halogens is 3. The van der Waals surface area contributed by atoms with E-state index in [4.69, 9.17) is 48.1 Å². The number of ether oxygens (including phenoxy) is 3. The predicted molar refractivity (Wildman–Crippen MR) is 154 cm³/mol. The average Bonchev–Trinajstić information content (AvgIpc) is 2.91. The van der Waals surface area contributed by atoms with Crippen LogP contribution >= 0.6 is 23.2 Å². The van der Waals surface area contributed by atoms with Crippen LogP contribution in [0, 0.1) is 5.82 Å². The van der Waals surface area contributed by atoms with Crippen LogP contribution in [0.5, 0.6) is 11.5 Å². The zero-order valence-corrected chi connectivity index (χ0v) is 24.5. The molecule has 40 heavy (non-hydrogen) atoms. The highest BCUT2D eigenvalue weighted by atomic mass is 35.5. The number of benzene rings is 1. The number of methoxy groups -OCH3 is 1. The molecule has 0 radical (unpaired) electrons. The number of nitrogen functional groups attached to an aromatic ring is 1. The first-order valence-corrected chi connectivity index (χ1v) is 13.5. The van der Waals surface area contributed by atoms with E-state index >= 15 is 0 Å². The monoisotopic (exact) mass is 591 g/mol. The normalized spacial score (nSPS) is 14.6. The van der Waals surface area contributed by atoms with Gasteiger partial charge >= 0.3 is 6.09 Å². The molecule has 0 spiro atoms. The molecule has 214 valence electrons. The second kappa shape index (κ2) is 11.9. The molecule has 4 rings (SSSR count). The number of hydrogen-bond donors (Lipinski definition) is 1. The first-order chi connectivity index (χ1) is 18.9. The molecule has 0 saturated carbocycles. The van der Waals surface area contributed by atoms with Crippen molar-refractivity contribution in [1.29, 1.82) is 0 Å². The lowest BCUT2D eigenvalue weighted by Crippen LogP contribution is -2.50. The lowest BCUT2D eigenvalue weighted by molar-refractivity contribution is 0.0240. The van der Waals surface area contributed by atoms with E-state index < -0.39 is 17.5 Å². The highest BCUT2D eigenvalue weighted by molar-refractivity contribution is 6.36. The molecule has 1 aromatic carbocycles. The number of nitrogens with two attached hydrogens (primary N) is 1. The van der Waals surface area contributed by atoms with E-state index in [1.54, 1.807) is 37.3 Å². The van der Waals surface area contributed by atoms with Crippen LogP contribution < -0.4 is 20.1 Å². The third kappa shape index (κ3) is 6.62. The lowest BCUT2D eigenvalue weighted by atomic mass is 10.1. The standard InChI is InChI=1S/C28H32Cl2FN5O4/c1-16(23-18(29)6-7-19(31)24(23)30)39-22-14-17(15-33-25(22)32)20-8-9-21(38-5)26(34-20)35-10-12-36(13-11-35)27(37)40-28(2,3)4/h6-9,14-16H,10-13H2,1-5H3,(H2,32,33)/t16-/m1/s1. The SMILES string of the molecule is COc1ccc(-c2cnc(N)c(O[C@H](C)c3c(Cl)ccc(F)c3Cl)c2)nc1N1CCN(C(=O)OC(C)(C)C)CC1. The quantitative estimate of drug-likeness (QED) is 0.329. The summed E-state index contributed by atoms with van der Waals surface area (Å²) in [6.45, 7) is 9.28. The van der Waals surface area contributed by atoms with Crippen LogP contribution in [0.25, 0.3) is 11.3 Å². The second-order valence-electron chi connectivity index (χ2n) is 10.3. The maximum Gasteiger partial charge on any atom is 0.410 e. The van der Waals surface area contributed by atoms with Gasteiger partial charge in [0.1, 0.15) is 17.5 Å². The highest BCUT2D eigenvalue weighted by Crippen LogP contribution is 2.37. The maximum atomic E-state index is 14.1. The minimum Gasteiger partial charge on any atom is -0.493 e. The van der Waals surface area contributed by atoms with E-state index in [1.165, 1.54) is 12.1 Å². The molecule has 3 heterocycles. The molecule has 9 nitrogen and oxygen atoms in total. The van der Waals surface area contributed by atoms with E-state index in [-0.39, 0.29) is 27.7 Å². The van der Waals surface area contributed by atoms with Gasteiger partial charge in [-0.3, -0.25) is 0 Å². The van der Waals surface area contributed by atoms with Crippen molar-refractivity contribution in [3.8, 4) is 22.8 Å². The molecular formula is C28H32Cl2FN5O4. The van der Waals surface area contributed by atoms with E-state index in [9.17, 15) is 9.18 Å². The second-order valence-corrected chi connectivity index (χ2v) is 11.1. The molecule has 1 amide bonds. The lowest BCUT2D eigenvalue weighted by Gasteiger charge is -2.36. The van der Waals surface area contributed by atoms with Gasteiger partial charge in [-0.15, -0.1) is 0 Å². The summed E-state index contributed by atoms with van der Waals surface area (Å²) in [5.74, 6) is 1.05. The van der Waals surface area contributed by atoms with Crippen molar-refractivity contribution in [3.05, 3.63) is 58.0 Å². The molecule has 0 aliphatic carbocycles. The molecule has 3 aromatic rings. The number of nitrogens with zero attached hydrogens (tertiary/aromatic N) is 4. The summed E-state index contributed by atoms with van der Waals surface area (Å²) in [5.41, 5.74) is 7.10. The van der Waals surface area contributed by atoms with Crippen molar-refractivity contribution in [2.45, 2.75) is 39.4 Å². The molecule has 1 saturated heterocycles. The predicted octanol–water partition coefficient (Wildman–Crippen LogP) is 6.38. The van der Waals surface area contributed by atoms with E-state index in [0.29, 0.717) is 54.6 Å². The Balaban J connectivity index is 1.56. The van der Waals surface area contributed by atoms with E-state index in [0.717, 1.165) is 0 Å². The molecule has 1 aliphatic heterocycles. The Morgan fingerprint density at radius 2 is 1.80 bits per heavy atom. The number of carbonyl (C=O) groups excluding carboxylic acids is 1. The summed E-state index contributed by atoms with van der Waals surface area (Å²) in [4.78, 5) is 25.4. The van der Waals surface area contributed by atoms with Gasteiger partial charge in [-0.05, 0) is 58.0 Å². The van der Waals surface area contributed by atoms with Crippen molar-refractivity contribution in [2.24, 2.45) is 0 Å². The summed E-state index contributed by atoms with van der Waals surface area (Å²) in [6, 6.07) is 7.95. The Hall–Kier alpha value is -3.50. The summed E-state index contributed by atoms with van der Waals surface area (Å²) < 4.78 is 31.2. The largest absolute Gasteiger partial charge is 0.493 e. The van der Waals surface area contributed by atoms with Crippen LogP contribution in [0.3, 0.4) is 0 Å². The smallest absolute Gasteiger partial charge is 0.410 e. The van der Waals surface area contributed by atoms with Gasteiger partial charge in [0.15, 0.2) is 23.1 Å². The van der Waals surface area contributed by atoms with Crippen LogP contribution in [0.2, 0.25) is 10.0 Å². The molecule has 1 atom stereocenters. The van der Waals surface area contributed by atoms with Crippen molar-refractivity contribution >= 4 is 40.9 Å². The van der Waals surface area contributed by atoms with E-state index in [2.05, 4.69) is 9.88 Å². The average molecular weight is 592 g/mol. The number of hydrogen-bond acceptors (Lipinski definition) is 8. The number of piperazine rings is 1. The highest BCUT2D eigenvalue weighted by Gasteiger charge is 2.28. The summed E-state index contributed by atoms with van der Waals surface area (Å²) in [6.07, 6.45) is 0.542. The number of pyridine rings is 2. The van der Waals surface area contributed by atoms with E-state index in [1.807, 2.05) is 26.8 Å². The zero-order chi connectivity index (χ0) is 29.2. The van der Waals surface area contributed by atoms with Gasteiger partial charge < -0.3 is 29.7 Å². The third-order valence-electron chi connectivity index (χ3n) is 6.26. The molecule has 0 unspecified atom stereocenters. The van der Waals surface area contributed by atoms with Crippen LogP contribution in [0.4, 0.5) is 20.8 Å². The Kier molecular flexibility index (Phi) is 8.80. The Morgan fingerprint density at radius 1 is 1.10 bits per heavy atom. The van der Waals surface area contributed by atoms with Crippen LogP contribution in [0.1, 0.15) is 39.4 Å². The minimum absolute atomic E-state index is 0.115. The van der Waals surface area contributed by atoms with Crippen LogP contribution in [-0.4, -0.2) is 59.9 Å². The van der Waals surface area contributed by atoms with Crippen LogP contribution in [-0.2, 0) is 4.74 Å². The first-order valence-electron chi connectivity index (χ1n) is 12.7. The Bertz CT molecular complexity index is 1390. The number of rotatable bonds is 6. The number of aromatic nitrogens is 2. The molecule has 0 bridgehead atoms. The summed E-state index contributed by atoms with van der Waals surface area (Å²) in [5, 5.41) is 0.158. The summed E-state index contributed by atoms with van der Waals surface area (Å²) >= 11 is 12.4. The third-order valence-corrected chi connectivity index (χ3v) is 6.97. The zero-order valence-electron chi connectivity index (χ0n) is 23.0. The van der Waals surface area contributed by atoms with Crippen molar-refractivity contribution in [3.63, 3.8) is 0 Å². The van der Waals surface area contributed by atoms with Crippen molar-refractivity contribution in [2.75, 3.05) is 43.9 Å². The molecule has 1 fully saturated rings. The van der Waals surface area contributed by atoms with Gasteiger partial charge in [0.2, 0.25) is 0 Å². The Morgan fingerprint density at radius 3 is 2.45 bits per heavy atom. The van der Waals surface area contributed by atoms with Crippen molar-refractivity contribution in [1.82, 2.24) is 14.9 Å². The summed E-state index contributed by atoms with van der Waals surface area (Å²) in [7, 11) is 1.58. The number of anilines is 2. The Labute approximate surface area is 242 Å². The first kappa shape index (κ1) is 29.5. The fourth-order valence-corrected chi connectivity index (χ4v) is 4.94.